The topological polar surface area (TPSA) is 105 Å². The van der Waals surface area contributed by atoms with Crippen molar-refractivity contribution >= 4 is 16.8 Å². The van der Waals surface area contributed by atoms with Gasteiger partial charge in [-0.3, -0.25) is 9.59 Å². The van der Waals surface area contributed by atoms with E-state index in [0.29, 0.717) is 39.6 Å². The average molecular weight is 451 g/mol. The van der Waals surface area contributed by atoms with E-state index in [9.17, 15) is 9.59 Å². The van der Waals surface area contributed by atoms with Crippen LogP contribution in [0, 0.1) is 6.92 Å². The second kappa shape index (κ2) is 8.74. The van der Waals surface area contributed by atoms with E-state index in [-0.39, 0.29) is 18.0 Å². The summed E-state index contributed by atoms with van der Waals surface area (Å²) in [6, 6.07) is 21.9. The minimum atomic E-state index is -0.226. The van der Waals surface area contributed by atoms with E-state index in [0.717, 1.165) is 11.1 Å². The number of benzene rings is 3. The maximum atomic E-state index is 12.9. The highest BCUT2D eigenvalue weighted by atomic mass is 16.4. The van der Waals surface area contributed by atoms with Gasteiger partial charge in [-0.15, -0.1) is 10.2 Å². The van der Waals surface area contributed by atoms with Crippen molar-refractivity contribution in [2.75, 3.05) is 7.05 Å². The van der Waals surface area contributed by atoms with Crippen LogP contribution in [0.5, 0.6) is 0 Å². The van der Waals surface area contributed by atoms with E-state index in [1.165, 1.54) is 4.90 Å². The maximum Gasteiger partial charge on any atom is 0.258 e. The van der Waals surface area contributed by atoms with Crippen molar-refractivity contribution in [1.29, 1.82) is 0 Å². The second-order valence-corrected chi connectivity index (χ2v) is 8.05. The lowest BCUT2D eigenvalue weighted by Gasteiger charge is -2.17. The van der Waals surface area contributed by atoms with E-state index in [4.69, 9.17) is 4.42 Å². The summed E-state index contributed by atoms with van der Waals surface area (Å²) in [6.07, 6.45) is 0. The Bertz CT molecular complexity index is 1550. The average Bonchev–Trinajstić information content (AvgIpc) is 3.34. The first-order chi connectivity index (χ1) is 16.5. The van der Waals surface area contributed by atoms with Crippen molar-refractivity contribution in [3.05, 3.63) is 100 Å². The van der Waals surface area contributed by atoms with Crippen LogP contribution < -0.4 is 5.56 Å². The highest BCUT2D eigenvalue weighted by Gasteiger charge is 2.16. The molecule has 2 aromatic heterocycles. The number of aromatic nitrogens is 4. The zero-order chi connectivity index (χ0) is 23.7. The second-order valence-electron chi connectivity index (χ2n) is 8.05. The van der Waals surface area contributed by atoms with Crippen LogP contribution in [0.15, 0.2) is 82.0 Å². The Kier molecular flexibility index (Phi) is 5.47. The van der Waals surface area contributed by atoms with Crippen molar-refractivity contribution in [3.63, 3.8) is 0 Å². The fourth-order valence-corrected chi connectivity index (χ4v) is 3.72. The number of hydrogen-bond acceptors (Lipinski definition) is 6. The molecule has 0 aliphatic carbocycles. The van der Waals surface area contributed by atoms with Gasteiger partial charge in [-0.05, 0) is 55.5 Å². The summed E-state index contributed by atoms with van der Waals surface area (Å²) in [6.45, 7) is 2.17. The number of fused-ring (bicyclic) bond motifs is 1. The van der Waals surface area contributed by atoms with Crippen LogP contribution >= 0.6 is 0 Å². The summed E-state index contributed by atoms with van der Waals surface area (Å²) >= 11 is 0. The number of carbonyl (C=O) groups excluding carboxylic acids is 1. The minimum Gasteiger partial charge on any atom is -0.416 e. The van der Waals surface area contributed by atoms with Crippen LogP contribution in [-0.2, 0) is 6.54 Å². The summed E-state index contributed by atoms with van der Waals surface area (Å²) in [4.78, 5) is 33.9. The monoisotopic (exact) mass is 451 g/mol. The van der Waals surface area contributed by atoms with Crippen molar-refractivity contribution in [1.82, 2.24) is 25.1 Å². The number of carbonyl (C=O) groups is 1. The molecular formula is C26H21N5O3. The molecule has 0 aliphatic heterocycles. The molecule has 8 heteroatoms. The predicted molar refractivity (Wildman–Crippen MR) is 128 cm³/mol. The van der Waals surface area contributed by atoms with Crippen molar-refractivity contribution < 1.29 is 9.21 Å². The maximum absolute atomic E-state index is 12.9. The first kappa shape index (κ1) is 21.3. The number of amides is 1. The molecule has 34 heavy (non-hydrogen) atoms. The van der Waals surface area contributed by atoms with Gasteiger partial charge in [-0.1, -0.05) is 29.8 Å². The normalized spacial score (nSPS) is 11.0. The molecule has 0 spiro atoms. The summed E-state index contributed by atoms with van der Waals surface area (Å²) < 4.78 is 5.82. The number of nitrogens with one attached hydrogen (secondary N) is 1. The zero-order valence-corrected chi connectivity index (χ0v) is 18.6. The molecule has 8 nitrogen and oxygen atoms in total. The van der Waals surface area contributed by atoms with Gasteiger partial charge in [0.15, 0.2) is 0 Å². The SMILES string of the molecule is Cc1cccc(-c2nnc(-c3ccc(C(=O)N(C)Cc4nc5ccccc5c(=O)[nH]4)cc3)o2)c1. The third-order valence-corrected chi connectivity index (χ3v) is 5.46. The first-order valence-corrected chi connectivity index (χ1v) is 10.7. The van der Waals surface area contributed by atoms with Crippen molar-refractivity contribution in [3.8, 4) is 22.9 Å². The molecule has 0 aliphatic rings. The van der Waals surface area contributed by atoms with Gasteiger partial charge in [0, 0.05) is 23.7 Å². The highest BCUT2D eigenvalue weighted by Crippen LogP contribution is 2.25. The molecule has 0 radical (unpaired) electrons. The first-order valence-electron chi connectivity index (χ1n) is 10.7. The van der Waals surface area contributed by atoms with Gasteiger partial charge in [0.2, 0.25) is 11.8 Å². The van der Waals surface area contributed by atoms with Crippen LogP contribution in [0.4, 0.5) is 0 Å². The number of H-pyrrole nitrogens is 1. The van der Waals surface area contributed by atoms with E-state index in [1.54, 1.807) is 49.5 Å². The summed E-state index contributed by atoms with van der Waals surface area (Å²) in [5.41, 5.74) is 3.53. The fourth-order valence-electron chi connectivity index (χ4n) is 3.72. The third kappa shape index (κ3) is 4.21. The Balaban J connectivity index is 1.31. The van der Waals surface area contributed by atoms with Gasteiger partial charge in [0.25, 0.3) is 11.5 Å². The number of para-hydroxylation sites is 1. The Labute approximate surface area is 194 Å². The highest BCUT2D eigenvalue weighted by molar-refractivity contribution is 5.94. The lowest BCUT2D eigenvalue weighted by molar-refractivity contribution is 0.0781. The van der Waals surface area contributed by atoms with Crippen LogP contribution in [0.1, 0.15) is 21.7 Å². The fraction of sp³-hybridized carbons (Fsp3) is 0.115. The van der Waals surface area contributed by atoms with E-state index >= 15 is 0 Å². The zero-order valence-electron chi connectivity index (χ0n) is 18.6. The Morgan fingerprint density at radius 1 is 0.941 bits per heavy atom. The number of aryl methyl sites for hydroxylation is 1. The molecule has 0 saturated carbocycles. The van der Waals surface area contributed by atoms with Gasteiger partial charge in [-0.25, -0.2) is 4.98 Å². The number of hydrogen-bond donors (Lipinski definition) is 1. The third-order valence-electron chi connectivity index (χ3n) is 5.46. The number of aromatic amines is 1. The van der Waals surface area contributed by atoms with E-state index < -0.39 is 0 Å². The molecule has 0 atom stereocenters. The quantitative estimate of drug-likeness (QED) is 0.429. The van der Waals surface area contributed by atoms with E-state index in [1.807, 2.05) is 37.3 Å². The van der Waals surface area contributed by atoms with Gasteiger partial charge in [0.1, 0.15) is 5.82 Å². The predicted octanol–water partition coefficient (Wildman–Crippen LogP) is 4.22. The molecule has 0 saturated heterocycles. The largest absolute Gasteiger partial charge is 0.416 e. The summed E-state index contributed by atoms with van der Waals surface area (Å²) in [7, 11) is 1.66. The smallest absolute Gasteiger partial charge is 0.258 e. The Hall–Kier alpha value is -4.59. The molecule has 0 bridgehead atoms. The summed E-state index contributed by atoms with van der Waals surface area (Å²) in [5, 5.41) is 8.79. The Morgan fingerprint density at radius 3 is 2.44 bits per heavy atom. The van der Waals surface area contributed by atoms with Crippen molar-refractivity contribution in [2.24, 2.45) is 0 Å². The summed E-state index contributed by atoms with van der Waals surface area (Å²) in [5.74, 6) is 1.04. The molecule has 1 N–H and O–H groups in total. The molecule has 0 unspecified atom stereocenters. The Morgan fingerprint density at radius 2 is 1.68 bits per heavy atom. The van der Waals surface area contributed by atoms with Crippen LogP contribution in [-0.4, -0.2) is 38.0 Å². The van der Waals surface area contributed by atoms with Gasteiger partial charge in [-0.2, -0.15) is 0 Å². The number of rotatable bonds is 5. The number of nitrogens with zero attached hydrogens (tertiary/aromatic N) is 4. The molecular weight excluding hydrogens is 430 g/mol. The van der Waals surface area contributed by atoms with E-state index in [2.05, 4.69) is 20.2 Å². The molecule has 5 rings (SSSR count). The standard InChI is InChI=1S/C26H21N5O3/c1-16-6-5-7-19(14-16)25-30-29-24(34-25)17-10-12-18(13-11-17)26(33)31(2)15-22-27-21-9-4-3-8-20(21)23(32)28-22/h3-14H,15H2,1-2H3,(H,27,28,32). The van der Waals surface area contributed by atoms with Crippen LogP contribution in [0.25, 0.3) is 33.8 Å². The molecule has 5 aromatic rings. The van der Waals surface area contributed by atoms with Gasteiger partial charge in [0.05, 0.1) is 17.4 Å². The lowest BCUT2D eigenvalue weighted by atomic mass is 10.1. The molecule has 168 valence electrons. The minimum absolute atomic E-state index is 0.171. The molecule has 0 fully saturated rings. The van der Waals surface area contributed by atoms with Gasteiger partial charge < -0.3 is 14.3 Å². The van der Waals surface area contributed by atoms with Crippen LogP contribution in [0.3, 0.4) is 0 Å². The van der Waals surface area contributed by atoms with Crippen molar-refractivity contribution in [2.45, 2.75) is 13.5 Å². The van der Waals surface area contributed by atoms with Gasteiger partial charge >= 0.3 is 0 Å². The lowest BCUT2D eigenvalue weighted by Crippen LogP contribution is -2.28. The van der Waals surface area contributed by atoms with Crippen LogP contribution in [0.2, 0.25) is 0 Å². The molecule has 2 heterocycles. The molecule has 3 aromatic carbocycles. The molecule has 1 amide bonds.